The summed E-state index contributed by atoms with van der Waals surface area (Å²) in [7, 11) is 0. The number of aromatic nitrogens is 2. The van der Waals surface area contributed by atoms with Crippen LogP contribution in [0.4, 0.5) is 0 Å². The summed E-state index contributed by atoms with van der Waals surface area (Å²) in [6, 6.07) is 20.4. The zero-order chi connectivity index (χ0) is 14.7. The minimum absolute atomic E-state index is 0.0649. The Morgan fingerprint density at radius 3 is 2.10 bits per heavy atom. The Hall–Kier alpha value is -2.39. The highest BCUT2D eigenvalue weighted by molar-refractivity contribution is 5.78. The van der Waals surface area contributed by atoms with Crippen molar-refractivity contribution in [1.29, 1.82) is 0 Å². The van der Waals surface area contributed by atoms with Gasteiger partial charge < -0.3 is 10.7 Å². The summed E-state index contributed by atoms with van der Waals surface area (Å²) >= 11 is 0. The number of H-pyrrole nitrogens is 1. The summed E-state index contributed by atoms with van der Waals surface area (Å²) in [6.45, 7) is 2.07. The molecule has 1 aromatic heterocycles. The molecule has 3 heteroatoms. The van der Waals surface area contributed by atoms with Crippen molar-refractivity contribution in [1.82, 2.24) is 9.97 Å². The van der Waals surface area contributed by atoms with E-state index in [9.17, 15) is 0 Å². The van der Waals surface area contributed by atoms with Gasteiger partial charge in [-0.05, 0) is 6.42 Å². The number of hydrogen-bond acceptors (Lipinski definition) is 2. The quantitative estimate of drug-likeness (QED) is 0.752. The molecule has 0 saturated carbocycles. The van der Waals surface area contributed by atoms with Gasteiger partial charge in [-0.3, -0.25) is 0 Å². The molecule has 3 aromatic rings. The second-order valence-electron chi connectivity index (χ2n) is 5.09. The lowest BCUT2D eigenvalue weighted by atomic mass is 10.1. The minimum atomic E-state index is -0.0649. The van der Waals surface area contributed by atoms with Gasteiger partial charge in [0.1, 0.15) is 5.82 Å². The molecule has 3 rings (SSSR count). The van der Waals surface area contributed by atoms with Crippen molar-refractivity contribution in [3.8, 4) is 22.5 Å². The van der Waals surface area contributed by atoms with Crippen molar-refractivity contribution >= 4 is 0 Å². The molecule has 0 fully saturated rings. The number of imidazole rings is 1. The van der Waals surface area contributed by atoms with E-state index in [1.165, 1.54) is 0 Å². The Labute approximate surface area is 124 Å². The summed E-state index contributed by atoms with van der Waals surface area (Å²) in [6.07, 6.45) is 0.857. The highest BCUT2D eigenvalue weighted by Gasteiger charge is 2.16. The van der Waals surface area contributed by atoms with Gasteiger partial charge in [0, 0.05) is 11.1 Å². The average molecular weight is 277 g/mol. The van der Waals surface area contributed by atoms with Crippen molar-refractivity contribution in [2.24, 2.45) is 5.73 Å². The fourth-order valence-electron chi connectivity index (χ4n) is 2.38. The molecule has 3 N–H and O–H groups in total. The maximum absolute atomic E-state index is 6.14. The highest BCUT2D eigenvalue weighted by Crippen LogP contribution is 2.31. The first-order valence-electron chi connectivity index (χ1n) is 7.26. The SMILES string of the molecule is CC[C@H](N)c1nc(-c2ccccc2)c(-c2ccccc2)[nH]1. The Kier molecular flexibility index (Phi) is 3.84. The molecule has 0 aliphatic carbocycles. The van der Waals surface area contributed by atoms with Crippen molar-refractivity contribution in [2.45, 2.75) is 19.4 Å². The summed E-state index contributed by atoms with van der Waals surface area (Å²) in [5, 5.41) is 0. The predicted octanol–water partition coefficient (Wildman–Crippen LogP) is 4.15. The van der Waals surface area contributed by atoms with E-state index in [1.807, 2.05) is 36.4 Å². The number of nitrogens with zero attached hydrogens (tertiary/aromatic N) is 1. The third-order valence-electron chi connectivity index (χ3n) is 3.62. The molecule has 106 valence electrons. The molecule has 2 aromatic carbocycles. The first kappa shape index (κ1) is 13.6. The van der Waals surface area contributed by atoms with E-state index in [0.29, 0.717) is 0 Å². The molecule has 0 saturated heterocycles. The summed E-state index contributed by atoms with van der Waals surface area (Å²) in [5.74, 6) is 0.843. The number of hydrogen-bond donors (Lipinski definition) is 2. The molecule has 0 unspecified atom stereocenters. The van der Waals surface area contributed by atoms with Gasteiger partial charge in [0.2, 0.25) is 0 Å². The Bertz CT molecular complexity index is 645. The number of rotatable bonds is 4. The largest absolute Gasteiger partial charge is 0.340 e. The average Bonchev–Trinajstić information content (AvgIpc) is 3.01. The number of aromatic amines is 1. The Balaban J connectivity index is 2.15. The molecule has 1 heterocycles. The molecule has 0 amide bonds. The van der Waals surface area contributed by atoms with E-state index in [-0.39, 0.29) is 6.04 Å². The lowest BCUT2D eigenvalue weighted by Gasteiger charge is -2.03. The third-order valence-corrected chi connectivity index (χ3v) is 3.62. The smallest absolute Gasteiger partial charge is 0.124 e. The lowest BCUT2D eigenvalue weighted by molar-refractivity contribution is 0.659. The predicted molar refractivity (Wildman–Crippen MR) is 86.7 cm³/mol. The van der Waals surface area contributed by atoms with Crippen molar-refractivity contribution in [2.75, 3.05) is 0 Å². The molecule has 3 nitrogen and oxygen atoms in total. The van der Waals surface area contributed by atoms with E-state index in [0.717, 1.165) is 34.8 Å². The van der Waals surface area contributed by atoms with Crippen LogP contribution in [0.1, 0.15) is 25.2 Å². The van der Waals surface area contributed by atoms with Crippen LogP contribution < -0.4 is 5.73 Å². The molecular weight excluding hydrogens is 258 g/mol. The topological polar surface area (TPSA) is 54.7 Å². The van der Waals surface area contributed by atoms with Crippen LogP contribution in [-0.2, 0) is 0 Å². The Morgan fingerprint density at radius 1 is 0.952 bits per heavy atom. The zero-order valence-electron chi connectivity index (χ0n) is 12.1. The molecular formula is C18H19N3. The molecule has 0 radical (unpaired) electrons. The maximum Gasteiger partial charge on any atom is 0.124 e. The van der Waals surface area contributed by atoms with Crippen LogP contribution in [-0.4, -0.2) is 9.97 Å². The third kappa shape index (κ3) is 2.73. The van der Waals surface area contributed by atoms with Crippen LogP contribution in [0.3, 0.4) is 0 Å². The maximum atomic E-state index is 6.14. The minimum Gasteiger partial charge on any atom is -0.340 e. The van der Waals surface area contributed by atoms with Gasteiger partial charge in [0.05, 0.1) is 17.4 Å². The Morgan fingerprint density at radius 2 is 1.52 bits per heavy atom. The van der Waals surface area contributed by atoms with Gasteiger partial charge in [0.15, 0.2) is 0 Å². The first-order chi connectivity index (χ1) is 10.3. The van der Waals surface area contributed by atoms with Crippen LogP contribution in [0, 0.1) is 0 Å². The second kappa shape index (κ2) is 5.94. The summed E-state index contributed by atoms with van der Waals surface area (Å²) in [4.78, 5) is 8.16. The summed E-state index contributed by atoms with van der Waals surface area (Å²) < 4.78 is 0. The number of nitrogens with two attached hydrogens (primary N) is 1. The lowest BCUT2D eigenvalue weighted by Crippen LogP contribution is -2.10. The monoisotopic (exact) mass is 277 g/mol. The highest BCUT2D eigenvalue weighted by atomic mass is 15.0. The van der Waals surface area contributed by atoms with E-state index in [1.54, 1.807) is 0 Å². The van der Waals surface area contributed by atoms with Crippen LogP contribution in [0.15, 0.2) is 60.7 Å². The van der Waals surface area contributed by atoms with Crippen LogP contribution in [0.2, 0.25) is 0 Å². The molecule has 0 aliphatic rings. The van der Waals surface area contributed by atoms with Crippen LogP contribution in [0.25, 0.3) is 22.5 Å². The standard InChI is InChI=1S/C18H19N3/c1-2-15(19)18-20-16(13-9-5-3-6-10-13)17(21-18)14-11-7-4-8-12-14/h3-12,15H,2,19H2,1H3,(H,20,21)/t15-/m0/s1. The van der Waals surface area contributed by atoms with Crippen molar-refractivity contribution < 1.29 is 0 Å². The fraction of sp³-hybridized carbons (Fsp3) is 0.167. The normalized spacial score (nSPS) is 12.3. The molecule has 0 spiro atoms. The molecule has 21 heavy (non-hydrogen) atoms. The van der Waals surface area contributed by atoms with Gasteiger partial charge in [-0.25, -0.2) is 4.98 Å². The molecule has 0 aliphatic heterocycles. The first-order valence-corrected chi connectivity index (χ1v) is 7.26. The van der Waals surface area contributed by atoms with E-state index >= 15 is 0 Å². The van der Waals surface area contributed by atoms with E-state index < -0.39 is 0 Å². The van der Waals surface area contributed by atoms with Crippen LogP contribution in [0.5, 0.6) is 0 Å². The van der Waals surface area contributed by atoms with Crippen LogP contribution >= 0.6 is 0 Å². The second-order valence-corrected chi connectivity index (χ2v) is 5.09. The zero-order valence-corrected chi connectivity index (χ0v) is 12.1. The van der Waals surface area contributed by atoms with E-state index in [4.69, 9.17) is 10.7 Å². The van der Waals surface area contributed by atoms with Gasteiger partial charge in [-0.1, -0.05) is 67.6 Å². The van der Waals surface area contributed by atoms with Gasteiger partial charge in [-0.15, -0.1) is 0 Å². The molecule has 1 atom stereocenters. The summed E-state index contributed by atoms with van der Waals surface area (Å²) in [5.41, 5.74) is 10.3. The molecule has 0 bridgehead atoms. The fourth-order valence-corrected chi connectivity index (χ4v) is 2.38. The van der Waals surface area contributed by atoms with E-state index in [2.05, 4.69) is 36.2 Å². The van der Waals surface area contributed by atoms with Gasteiger partial charge in [-0.2, -0.15) is 0 Å². The van der Waals surface area contributed by atoms with Crippen molar-refractivity contribution in [3.63, 3.8) is 0 Å². The van der Waals surface area contributed by atoms with Gasteiger partial charge in [0.25, 0.3) is 0 Å². The number of benzene rings is 2. The van der Waals surface area contributed by atoms with Gasteiger partial charge >= 0.3 is 0 Å². The van der Waals surface area contributed by atoms with Crippen molar-refractivity contribution in [3.05, 3.63) is 66.5 Å². The number of nitrogens with one attached hydrogen (secondary N) is 1.